The van der Waals surface area contributed by atoms with E-state index in [2.05, 4.69) is 4.72 Å². The summed E-state index contributed by atoms with van der Waals surface area (Å²) < 4.78 is 37.9. The monoisotopic (exact) mass is 404 g/mol. The molecule has 28 heavy (non-hydrogen) atoms. The standard InChI is InChI=1S/C18H16N2O7S/c1-3-26-18(21)17-11(2)15-9-12(7-8-16(15)27-17)19-28(24,25)14-6-4-5-13(10-14)20(22)23/h4-10,19H,3H2,1-2H3. The number of hydrogen-bond acceptors (Lipinski definition) is 7. The number of fused-ring (bicyclic) bond motifs is 1. The lowest BCUT2D eigenvalue weighted by Gasteiger charge is -2.08. The molecule has 3 rings (SSSR count). The predicted molar refractivity (Wildman–Crippen MR) is 101 cm³/mol. The molecule has 146 valence electrons. The van der Waals surface area contributed by atoms with Gasteiger partial charge in [0.15, 0.2) is 0 Å². The van der Waals surface area contributed by atoms with Gasteiger partial charge >= 0.3 is 5.97 Å². The topological polar surface area (TPSA) is 129 Å². The van der Waals surface area contributed by atoms with Gasteiger partial charge in [-0.25, -0.2) is 13.2 Å². The number of carbonyl (C=O) groups is 1. The summed E-state index contributed by atoms with van der Waals surface area (Å²) >= 11 is 0. The number of nitrogens with one attached hydrogen (secondary N) is 1. The zero-order valence-corrected chi connectivity index (χ0v) is 15.8. The maximum Gasteiger partial charge on any atom is 0.374 e. The van der Waals surface area contributed by atoms with E-state index in [0.717, 1.165) is 6.07 Å². The highest BCUT2D eigenvalue weighted by molar-refractivity contribution is 7.92. The Kier molecular flexibility index (Phi) is 5.06. The van der Waals surface area contributed by atoms with Gasteiger partial charge in [-0.05, 0) is 38.1 Å². The van der Waals surface area contributed by atoms with Crippen LogP contribution in [0.2, 0.25) is 0 Å². The van der Waals surface area contributed by atoms with Gasteiger partial charge in [0.25, 0.3) is 15.7 Å². The van der Waals surface area contributed by atoms with E-state index in [1.54, 1.807) is 13.8 Å². The number of esters is 1. The SMILES string of the molecule is CCOC(=O)c1oc2ccc(NS(=O)(=O)c3cccc([N+](=O)[O-])c3)cc2c1C. The van der Waals surface area contributed by atoms with Crippen molar-refractivity contribution >= 4 is 38.3 Å². The molecule has 0 unspecified atom stereocenters. The average molecular weight is 404 g/mol. The molecule has 0 saturated carbocycles. The van der Waals surface area contributed by atoms with Crippen LogP contribution in [0.15, 0.2) is 51.8 Å². The minimum Gasteiger partial charge on any atom is -0.460 e. The lowest BCUT2D eigenvalue weighted by Crippen LogP contribution is -2.13. The summed E-state index contributed by atoms with van der Waals surface area (Å²) in [6.07, 6.45) is 0. The van der Waals surface area contributed by atoms with E-state index in [0.29, 0.717) is 16.5 Å². The Balaban J connectivity index is 1.96. The van der Waals surface area contributed by atoms with Gasteiger partial charge < -0.3 is 9.15 Å². The molecule has 0 spiro atoms. The Morgan fingerprint density at radius 1 is 1.25 bits per heavy atom. The molecule has 9 nitrogen and oxygen atoms in total. The zero-order chi connectivity index (χ0) is 20.5. The van der Waals surface area contributed by atoms with E-state index in [9.17, 15) is 23.3 Å². The first-order valence-corrected chi connectivity index (χ1v) is 9.69. The average Bonchev–Trinajstić information content (AvgIpc) is 2.98. The maximum atomic E-state index is 12.6. The molecule has 0 aliphatic heterocycles. The van der Waals surface area contributed by atoms with Gasteiger partial charge in [0.1, 0.15) is 5.58 Å². The lowest BCUT2D eigenvalue weighted by atomic mass is 10.1. The number of nitro groups is 1. The fourth-order valence-corrected chi connectivity index (χ4v) is 3.74. The van der Waals surface area contributed by atoms with E-state index in [-0.39, 0.29) is 28.6 Å². The minimum absolute atomic E-state index is 0.0514. The Morgan fingerprint density at radius 2 is 2.00 bits per heavy atom. The van der Waals surface area contributed by atoms with Crippen molar-refractivity contribution in [1.29, 1.82) is 0 Å². The maximum absolute atomic E-state index is 12.6. The predicted octanol–water partition coefficient (Wildman–Crippen LogP) is 3.63. The van der Waals surface area contributed by atoms with E-state index in [4.69, 9.17) is 9.15 Å². The normalized spacial score (nSPS) is 11.4. The van der Waals surface area contributed by atoms with Crippen LogP contribution in [0, 0.1) is 17.0 Å². The van der Waals surface area contributed by atoms with E-state index in [1.807, 2.05) is 0 Å². The third kappa shape index (κ3) is 3.67. The molecule has 3 aromatic rings. The number of nitrogens with zero attached hydrogens (tertiary/aromatic N) is 1. The lowest BCUT2D eigenvalue weighted by molar-refractivity contribution is -0.385. The summed E-state index contributed by atoms with van der Waals surface area (Å²) in [5.74, 6) is -0.550. The van der Waals surface area contributed by atoms with Gasteiger partial charge in [0.05, 0.1) is 16.4 Å². The highest BCUT2D eigenvalue weighted by Gasteiger charge is 2.21. The number of anilines is 1. The molecule has 0 aliphatic carbocycles. The van der Waals surface area contributed by atoms with Crippen molar-refractivity contribution in [3.05, 3.63) is 63.9 Å². The molecule has 1 heterocycles. The number of hydrogen-bond donors (Lipinski definition) is 1. The number of benzene rings is 2. The molecule has 0 fully saturated rings. The molecule has 1 aromatic heterocycles. The highest BCUT2D eigenvalue weighted by atomic mass is 32.2. The molecule has 0 atom stereocenters. The molecule has 1 N–H and O–H groups in total. The van der Waals surface area contributed by atoms with Gasteiger partial charge in [-0.2, -0.15) is 0 Å². The van der Waals surface area contributed by atoms with E-state index < -0.39 is 20.9 Å². The van der Waals surface area contributed by atoms with Crippen molar-refractivity contribution < 1.29 is 27.3 Å². The van der Waals surface area contributed by atoms with Crippen molar-refractivity contribution in [1.82, 2.24) is 0 Å². The largest absolute Gasteiger partial charge is 0.460 e. The second-order valence-corrected chi connectivity index (χ2v) is 7.53. The Bertz CT molecular complexity index is 1180. The molecule has 0 aliphatic rings. The summed E-state index contributed by atoms with van der Waals surface area (Å²) in [4.78, 5) is 21.9. The van der Waals surface area contributed by atoms with Crippen molar-refractivity contribution in [2.75, 3.05) is 11.3 Å². The summed E-state index contributed by atoms with van der Waals surface area (Å²) in [5, 5.41) is 11.4. The van der Waals surface area contributed by atoms with E-state index >= 15 is 0 Å². The zero-order valence-electron chi connectivity index (χ0n) is 15.0. The Morgan fingerprint density at radius 3 is 2.68 bits per heavy atom. The van der Waals surface area contributed by atoms with Crippen LogP contribution in [-0.2, 0) is 14.8 Å². The molecule has 0 saturated heterocycles. The molecule has 0 bridgehead atoms. The quantitative estimate of drug-likeness (QED) is 0.377. The molecule has 0 radical (unpaired) electrons. The summed E-state index contributed by atoms with van der Waals surface area (Å²) in [6, 6.07) is 9.24. The number of non-ortho nitro benzene ring substituents is 1. The van der Waals surface area contributed by atoms with Crippen molar-refractivity contribution in [2.45, 2.75) is 18.7 Å². The second-order valence-electron chi connectivity index (χ2n) is 5.85. The summed E-state index contributed by atoms with van der Waals surface area (Å²) in [5.41, 5.74) is 0.810. The Hall–Kier alpha value is -3.40. The van der Waals surface area contributed by atoms with Crippen LogP contribution in [0.25, 0.3) is 11.0 Å². The fourth-order valence-electron chi connectivity index (χ4n) is 2.65. The van der Waals surface area contributed by atoms with Gasteiger partial charge in [-0.3, -0.25) is 14.8 Å². The van der Waals surface area contributed by atoms with Crippen LogP contribution in [0.1, 0.15) is 23.0 Å². The van der Waals surface area contributed by atoms with Crippen LogP contribution in [0.4, 0.5) is 11.4 Å². The number of sulfonamides is 1. The third-order valence-electron chi connectivity index (χ3n) is 3.99. The summed E-state index contributed by atoms with van der Waals surface area (Å²) in [6.45, 7) is 3.54. The number of ether oxygens (including phenoxy) is 1. The van der Waals surface area contributed by atoms with Crippen LogP contribution in [0.3, 0.4) is 0 Å². The van der Waals surface area contributed by atoms with Crippen molar-refractivity contribution in [3.8, 4) is 0 Å². The molecule has 2 aromatic carbocycles. The summed E-state index contributed by atoms with van der Waals surface area (Å²) in [7, 11) is -4.05. The van der Waals surface area contributed by atoms with Crippen LogP contribution in [-0.4, -0.2) is 25.9 Å². The van der Waals surface area contributed by atoms with Gasteiger partial charge in [0, 0.05) is 28.8 Å². The second kappa shape index (κ2) is 7.31. The highest BCUT2D eigenvalue weighted by Crippen LogP contribution is 2.29. The molecular formula is C18H16N2O7S. The van der Waals surface area contributed by atoms with Gasteiger partial charge in [0.2, 0.25) is 5.76 Å². The van der Waals surface area contributed by atoms with Crippen LogP contribution < -0.4 is 4.72 Å². The van der Waals surface area contributed by atoms with Crippen molar-refractivity contribution in [2.24, 2.45) is 0 Å². The van der Waals surface area contributed by atoms with Gasteiger partial charge in [-0.1, -0.05) is 6.07 Å². The Labute approximate surface area is 160 Å². The first-order chi connectivity index (χ1) is 13.2. The van der Waals surface area contributed by atoms with E-state index in [1.165, 1.54) is 36.4 Å². The first kappa shape index (κ1) is 19.4. The smallest absolute Gasteiger partial charge is 0.374 e. The number of nitro benzene ring substituents is 1. The van der Waals surface area contributed by atoms with Crippen LogP contribution >= 0.6 is 0 Å². The number of rotatable bonds is 6. The van der Waals surface area contributed by atoms with Gasteiger partial charge in [-0.15, -0.1) is 0 Å². The fraction of sp³-hybridized carbons (Fsp3) is 0.167. The third-order valence-corrected chi connectivity index (χ3v) is 5.37. The number of carbonyl (C=O) groups excluding carboxylic acids is 1. The minimum atomic E-state index is -4.05. The molecular weight excluding hydrogens is 388 g/mol. The van der Waals surface area contributed by atoms with Crippen molar-refractivity contribution in [3.63, 3.8) is 0 Å². The first-order valence-electron chi connectivity index (χ1n) is 8.20. The van der Waals surface area contributed by atoms with Crippen LogP contribution in [0.5, 0.6) is 0 Å². The number of furan rings is 1. The number of aryl methyl sites for hydroxylation is 1. The molecule has 10 heteroatoms. The molecule has 0 amide bonds.